The maximum atomic E-state index is 13.4. The Bertz CT molecular complexity index is 1440. The van der Waals surface area contributed by atoms with Gasteiger partial charge in [0.2, 0.25) is 17.7 Å². The molecule has 210 valence electrons. The van der Waals surface area contributed by atoms with E-state index in [2.05, 4.69) is 10.3 Å². The standard InChI is InChI=1S/C29H34N6O5/c1-33-15-24(30)29(39)34(2)16-27(37)35-14-20(12-21(35)17-40-22-7-5-6-18(10-22)28(33)38)32-26(36)11-19-13-31-25-9-4-3-8-23(19)25/h3-10,13,20-21,24,31H,11-12,14-17,30H2,1-2H3,(H,32,36)/t20-,21-,24+/m0/s1. The summed E-state index contributed by atoms with van der Waals surface area (Å²) in [5, 5.41) is 4.07. The van der Waals surface area contributed by atoms with Crippen LogP contribution in [0.1, 0.15) is 22.3 Å². The molecular weight excluding hydrogens is 512 g/mol. The normalized spacial score (nSPS) is 22.5. The number of nitrogens with one attached hydrogen (secondary N) is 2. The molecule has 3 atom stereocenters. The quantitative estimate of drug-likeness (QED) is 0.443. The number of fused-ring (bicyclic) bond motifs is 4. The van der Waals surface area contributed by atoms with Crippen molar-refractivity contribution in [3.05, 3.63) is 65.9 Å². The molecule has 1 aromatic heterocycles. The zero-order valence-corrected chi connectivity index (χ0v) is 22.6. The number of ether oxygens (including phenoxy) is 1. The SMILES string of the molecule is CN1C[C@@H](N)C(=O)N(C)CC(=O)N2C[C@@H](NC(=O)Cc3c[nH]c4ccccc34)C[C@H]2COc2cccc(c2)C1=O. The van der Waals surface area contributed by atoms with Gasteiger partial charge in [0.1, 0.15) is 18.4 Å². The minimum atomic E-state index is -0.984. The molecule has 3 aromatic rings. The second kappa shape index (κ2) is 11.4. The first kappa shape index (κ1) is 27.2. The topological polar surface area (TPSA) is 141 Å². The van der Waals surface area contributed by atoms with Gasteiger partial charge in [-0.05, 0) is 36.2 Å². The maximum Gasteiger partial charge on any atom is 0.253 e. The average molecular weight is 547 g/mol. The molecule has 5 rings (SSSR count). The van der Waals surface area contributed by atoms with Gasteiger partial charge in [-0.15, -0.1) is 0 Å². The lowest BCUT2D eigenvalue weighted by molar-refractivity contribution is -0.141. The third-order valence-corrected chi connectivity index (χ3v) is 7.53. The number of H-pyrrole nitrogens is 1. The van der Waals surface area contributed by atoms with Crippen molar-refractivity contribution in [3.8, 4) is 5.75 Å². The molecule has 0 spiro atoms. The lowest BCUT2D eigenvalue weighted by Crippen LogP contribution is -2.52. The summed E-state index contributed by atoms with van der Waals surface area (Å²) in [4.78, 5) is 59.7. The Morgan fingerprint density at radius 2 is 1.88 bits per heavy atom. The summed E-state index contributed by atoms with van der Waals surface area (Å²) in [5.41, 5.74) is 8.39. The van der Waals surface area contributed by atoms with Crippen molar-refractivity contribution in [3.63, 3.8) is 0 Å². The van der Waals surface area contributed by atoms with E-state index in [1.807, 2.05) is 30.5 Å². The number of nitrogens with two attached hydrogens (primary N) is 1. The van der Waals surface area contributed by atoms with Crippen molar-refractivity contribution in [1.29, 1.82) is 0 Å². The molecule has 11 heteroatoms. The third-order valence-electron chi connectivity index (χ3n) is 7.53. The largest absolute Gasteiger partial charge is 0.491 e. The number of aromatic nitrogens is 1. The monoisotopic (exact) mass is 546 g/mol. The fraction of sp³-hybridized carbons (Fsp3) is 0.379. The highest BCUT2D eigenvalue weighted by atomic mass is 16.5. The van der Waals surface area contributed by atoms with E-state index in [-0.39, 0.29) is 55.9 Å². The van der Waals surface area contributed by atoms with Gasteiger partial charge in [0.25, 0.3) is 5.91 Å². The van der Waals surface area contributed by atoms with Crippen LogP contribution in [0.15, 0.2) is 54.7 Å². The van der Waals surface area contributed by atoms with E-state index >= 15 is 0 Å². The zero-order valence-electron chi connectivity index (χ0n) is 22.6. The zero-order chi connectivity index (χ0) is 28.4. The van der Waals surface area contributed by atoms with E-state index < -0.39 is 11.9 Å². The van der Waals surface area contributed by atoms with E-state index in [4.69, 9.17) is 10.5 Å². The number of aromatic amines is 1. The number of para-hydroxylation sites is 1. The Kier molecular flexibility index (Phi) is 7.74. The van der Waals surface area contributed by atoms with Crippen LogP contribution < -0.4 is 15.8 Å². The summed E-state index contributed by atoms with van der Waals surface area (Å²) in [5.74, 6) is -0.640. The first-order valence-corrected chi connectivity index (χ1v) is 13.3. The molecule has 1 saturated heterocycles. The van der Waals surface area contributed by atoms with Crippen LogP contribution >= 0.6 is 0 Å². The van der Waals surface area contributed by atoms with E-state index in [0.29, 0.717) is 24.3 Å². The maximum absolute atomic E-state index is 13.4. The van der Waals surface area contributed by atoms with Crippen LogP contribution in [0.25, 0.3) is 10.9 Å². The fourth-order valence-electron chi connectivity index (χ4n) is 5.46. The Balaban J connectivity index is 1.33. The minimum Gasteiger partial charge on any atom is -0.491 e. The first-order valence-electron chi connectivity index (χ1n) is 13.3. The van der Waals surface area contributed by atoms with Gasteiger partial charge >= 0.3 is 0 Å². The summed E-state index contributed by atoms with van der Waals surface area (Å²) in [7, 11) is 3.10. The van der Waals surface area contributed by atoms with Crippen LogP contribution in [0.4, 0.5) is 0 Å². The van der Waals surface area contributed by atoms with Crippen molar-refractivity contribution in [2.24, 2.45) is 5.73 Å². The van der Waals surface area contributed by atoms with Crippen molar-refractivity contribution in [2.45, 2.75) is 31.0 Å². The lowest BCUT2D eigenvalue weighted by Gasteiger charge is -2.28. The third kappa shape index (κ3) is 5.79. The van der Waals surface area contributed by atoms with Crippen molar-refractivity contribution in [2.75, 3.05) is 40.3 Å². The number of benzene rings is 2. The molecule has 0 radical (unpaired) electrons. The molecule has 3 heterocycles. The predicted molar refractivity (Wildman–Crippen MR) is 149 cm³/mol. The van der Waals surface area contributed by atoms with Crippen LogP contribution in [0, 0.1) is 0 Å². The molecule has 2 aliphatic heterocycles. The van der Waals surface area contributed by atoms with E-state index in [9.17, 15) is 19.2 Å². The molecule has 4 N–H and O–H groups in total. The van der Waals surface area contributed by atoms with E-state index in [0.717, 1.165) is 16.5 Å². The molecule has 2 aliphatic rings. The van der Waals surface area contributed by atoms with Crippen LogP contribution in [0.5, 0.6) is 5.75 Å². The van der Waals surface area contributed by atoms with Gasteiger partial charge in [-0.1, -0.05) is 24.3 Å². The molecule has 11 nitrogen and oxygen atoms in total. The second-order valence-corrected chi connectivity index (χ2v) is 10.6. The molecule has 0 saturated carbocycles. The predicted octanol–water partition coefficient (Wildman–Crippen LogP) is 0.746. The highest BCUT2D eigenvalue weighted by Crippen LogP contribution is 2.23. The Hall–Kier alpha value is -4.38. The summed E-state index contributed by atoms with van der Waals surface area (Å²) < 4.78 is 6.04. The molecular formula is C29H34N6O5. The van der Waals surface area contributed by atoms with E-state index in [1.165, 1.54) is 16.8 Å². The van der Waals surface area contributed by atoms with Gasteiger partial charge in [0.05, 0.1) is 19.0 Å². The van der Waals surface area contributed by atoms with Crippen molar-refractivity contribution < 1.29 is 23.9 Å². The highest BCUT2D eigenvalue weighted by molar-refractivity contribution is 5.95. The lowest BCUT2D eigenvalue weighted by atomic mass is 10.1. The molecule has 0 aliphatic carbocycles. The van der Waals surface area contributed by atoms with Gasteiger partial charge in [0.15, 0.2) is 0 Å². The average Bonchev–Trinajstić information content (AvgIpc) is 3.54. The number of hydrogen-bond donors (Lipinski definition) is 3. The Labute approximate surface area is 232 Å². The minimum absolute atomic E-state index is 0.00183. The smallest absolute Gasteiger partial charge is 0.253 e. The molecule has 40 heavy (non-hydrogen) atoms. The number of carbonyl (C=O) groups excluding carboxylic acids is 4. The summed E-state index contributed by atoms with van der Waals surface area (Å²) >= 11 is 0. The van der Waals surface area contributed by atoms with Gasteiger partial charge in [-0.3, -0.25) is 19.2 Å². The highest BCUT2D eigenvalue weighted by Gasteiger charge is 2.37. The van der Waals surface area contributed by atoms with Crippen LogP contribution in [0.2, 0.25) is 0 Å². The fourth-order valence-corrected chi connectivity index (χ4v) is 5.46. The van der Waals surface area contributed by atoms with Crippen molar-refractivity contribution >= 4 is 34.5 Å². The number of rotatable bonds is 3. The van der Waals surface area contributed by atoms with Crippen LogP contribution in [-0.4, -0.2) is 102 Å². The van der Waals surface area contributed by atoms with Gasteiger partial charge in [-0.2, -0.15) is 0 Å². The molecule has 1 fully saturated rings. The molecule has 2 bridgehead atoms. The Morgan fingerprint density at radius 1 is 1.07 bits per heavy atom. The van der Waals surface area contributed by atoms with Gasteiger partial charge in [0, 0.05) is 55.9 Å². The molecule has 4 amide bonds. The van der Waals surface area contributed by atoms with E-state index in [1.54, 1.807) is 36.2 Å². The van der Waals surface area contributed by atoms with Gasteiger partial charge in [-0.25, -0.2) is 0 Å². The summed E-state index contributed by atoms with van der Waals surface area (Å²) in [6.07, 6.45) is 2.54. The molecule has 0 unspecified atom stereocenters. The van der Waals surface area contributed by atoms with Crippen molar-refractivity contribution in [1.82, 2.24) is 25.0 Å². The first-order chi connectivity index (χ1) is 19.2. The number of amides is 4. The number of hydrogen-bond acceptors (Lipinski definition) is 6. The van der Waals surface area contributed by atoms with Crippen LogP contribution in [-0.2, 0) is 20.8 Å². The number of likely N-dealkylation sites (N-methyl/N-ethyl adjacent to an activating group) is 2. The molecule has 2 aromatic carbocycles. The van der Waals surface area contributed by atoms with Gasteiger partial charge < -0.3 is 35.5 Å². The van der Waals surface area contributed by atoms with Crippen LogP contribution in [0.3, 0.4) is 0 Å². The second-order valence-electron chi connectivity index (χ2n) is 10.6. The number of nitrogens with zero attached hydrogens (tertiary/aromatic N) is 3. The summed E-state index contributed by atoms with van der Waals surface area (Å²) in [6, 6.07) is 13.0. The number of carbonyl (C=O) groups is 4. The Morgan fingerprint density at radius 3 is 2.70 bits per heavy atom. The summed E-state index contributed by atoms with van der Waals surface area (Å²) in [6.45, 7) is 0.287.